The SMILES string of the molecule is NC(=O)c1cc(Cl)nnc1NC1CCCN(c2ncccn2)C1. The highest BCUT2D eigenvalue weighted by Crippen LogP contribution is 2.21. The summed E-state index contributed by atoms with van der Waals surface area (Å²) in [6, 6.07) is 3.28. The summed E-state index contributed by atoms with van der Waals surface area (Å²) in [7, 11) is 0. The Labute approximate surface area is 138 Å². The van der Waals surface area contributed by atoms with E-state index in [9.17, 15) is 4.79 Å². The molecule has 0 radical (unpaired) electrons. The Morgan fingerprint density at radius 1 is 1.35 bits per heavy atom. The summed E-state index contributed by atoms with van der Waals surface area (Å²) < 4.78 is 0. The molecular weight excluding hydrogens is 318 g/mol. The fourth-order valence-electron chi connectivity index (χ4n) is 2.59. The van der Waals surface area contributed by atoms with Crippen LogP contribution in [0.2, 0.25) is 5.15 Å². The molecule has 3 rings (SSSR count). The Balaban J connectivity index is 1.74. The number of halogens is 1. The lowest BCUT2D eigenvalue weighted by Crippen LogP contribution is -2.43. The number of amides is 1. The minimum absolute atomic E-state index is 0.0844. The standard InChI is InChI=1S/C14H16ClN7O/c15-11-7-10(12(16)23)13(21-20-11)19-9-3-1-6-22(8-9)14-17-4-2-5-18-14/h2,4-5,7,9H,1,3,6,8H2,(H2,16,23)(H,19,21). The molecule has 1 unspecified atom stereocenters. The van der Waals surface area contributed by atoms with Crippen molar-refractivity contribution in [3.63, 3.8) is 0 Å². The molecule has 3 heterocycles. The highest BCUT2D eigenvalue weighted by Gasteiger charge is 2.23. The maximum Gasteiger partial charge on any atom is 0.252 e. The average molecular weight is 334 g/mol. The monoisotopic (exact) mass is 333 g/mol. The lowest BCUT2D eigenvalue weighted by atomic mass is 10.1. The molecule has 2 aromatic rings. The van der Waals surface area contributed by atoms with Crippen molar-refractivity contribution in [3.8, 4) is 0 Å². The molecule has 0 aliphatic carbocycles. The first kappa shape index (κ1) is 15.4. The normalized spacial score (nSPS) is 17.8. The zero-order valence-corrected chi connectivity index (χ0v) is 13.1. The van der Waals surface area contributed by atoms with Crippen LogP contribution in [0.1, 0.15) is 23.2 Å². The Kier molecular flexibility index (Phi) is 4.52. The molecule has 120 valence electrons. The lowest BCUT2D eigenvalue weighted by Gasteiger charge is -2.33. The molecule has 1 fully saturated rings. The minimum Gasteiger partial charge on any atom is -0.365 e. The third-order valence-electron chi connectivity index (χ3n) is 3.63. The summed E-state index contributed by atoms with van der Waals surface area (Å²) in [6.07, 6.45) is 5.35. The van der Waals surface area contributed by atoms with E-state index in [1.165, 1.54) is 6.07 Å². The van der Waals surface area contributed by atoms with Gasteiger partial charge in [0.15, 0.2) is 11.0 Å². The number of carbonyl (C=O) groups is 1. The quantitative estimate of drug-likeness (QED) is 0.862. The highest BCUT2D eigenvalue weighted by atomic mass is 35.5. The molecule has 0 saturated carbocycles. The molecule has 3 N–H and O–H groups in total. The van der Waals surface area contributed by atoms with E-state index in [0.29, 0.717) is 18.3 Å². The third kappa shape index (κ3) is 3.65. The Bertz CT molecular complexity index is 697. The molecule has 1 aliphatic heterocycles. The Morgan fingerprint density at radius 2 is 2.13 bits per heavy atom. The number of hydrogen-bond donors (Lipinski definition) is 2. The minimum atomic E-state index is -0.594. The van der Waals surface area contributed by atoms with Crippen LogP contribution in [-0.4, -0.2) is 45.2 Å². The molecule has 0 aromatic carbocycles. The maximum absolute atomic E-state index is 11.5. The number of piperidine rings is 1. The topological polar surface area (TPSA) is 110 Å². The summed E-state index contributed by atoms with van der Waals surface area (Å²) in [6.45, 7) is 1.59. The van der Waals surface area contributed by atoms with Crippen LogP contribution in [0.5, 0.6) is 0 Å². The lowest BCUT2D eigenvalue weighted by molar-refractivity contribution is 0.100. The van der Waals surface area contributed by atoms with E-state index in [-0.39, 0.29) is 16.8 Å². The van der Waals surface area contributed by atoms with Gasteiger partial charge in [-0.2, -0.15) is 0 Å². The fraction of sp³-hybridized carbons (Fsp3) is 0.357. The largest absolute Gasteiger partial charge is 0.365 e. The van der Waals surface area contributed by atoms with Gasteiger partial charge in [0.05, 0.1) is 5.56 Å². The zero-order chi connectivity index (χ0) is 16.2. The summed E-state index contributed by atoms with van der Waals surface area (Å²) in [4.78, 5) is 22.2. The number of hydrogen-bond acceptors (Lipinski definition) is 7. The first-order chi connectivity index (χ1) is 11.1. The van der Waals surface area contributed by atoms with Crippen molar-refractivity contribution in [1.82, 2.24) is 20.2 Å². The smallest absolute Gasteiger partial charge is 0.252 e. The number of aromatic nitrogens is 4. The van der Waals surface area contributed by atoms with E-state index in [0.717, 1.165) is 19.4 Å². The van der Waals surface area contributed by atoms with Gasteiger partial charge in [-0.25, -0.2) is 9.97 Å². The zero-order valence-electron chi connectivity index (χ0n) is 12.3. The van der Waals surface area contributed by atoms with Crippen LogP contribution < -0.4 is 16.0 Å². The van der Waals surface area contributed by atoms with E-state index in [4.69, 9.17) is 17.3 Å². The molecule has 1 aliphatic rings. The van der Waals surface area contributed by atoms with Crippen molar-refractivity contribution in [2.45, 2.75) is 18.9 Å². The van der Waals surface area contributed by atoms with Crippen molar-refractivity contribution < 1.29 is 4.79 Å². The van der Waals surface area contributed by atoms with Gasteiger partial charge in [-0.3, -0.25) is 4.79 Å². The predicted molar refractivity (Wildman–Crippen MR) is 86.4 cm³/mol. The van der Waals surface area contributed by atoms with Crippen molar-refractivity contribution in [3.05, 3.63) is 35.2 Å². The number of nitrogens with two attached hydrogens (primary N) is 1. The van der Waals surface area contributed by atoms with Crippen LogP contribution in [0.15, 0.2) is 24.5 Å². The number of primary amides is 1. The Hall–Kier alpha value is -2.48. The van der Waals surface area contributed by atoms with Gasteiger partial charge >= 0.3 is 0 Å². The van der Waals surface area contributed by atoms with Crippen molar-refractivity contribution in [2.24, 2.45) is 5.73 Å². The molecule has 2 aromatic heterocycles. The van der Waals surface area contributed by atoms with Crippen LogP contribution >= 0.6 is 11.6 Å². The van der Waals surface area contributed by atoms with Crippen LogP contribution in [-0.2, 0) is 0 Å². The van der Waals surface area contributed by atoms with Crippen LogP contribution in [0, 0.1) is 0 Å². The predicted octanol–water partition coefficient (Wildman–Crippen LogP) is 1.10. The second kappa shape index (κ2) is 6.74. The van der Waals surface area contributed by atoms with Gasteiger partial charge in [-0.15, -0.1) is 10.2 Å². The first-order valence-corrected chi connectivity index (χ1v) is 7.63. The molecule has 1 amide bonds. The molecule has 1 saturated heterocycles. The van der Waals surface area contributed by atoms with E-state index >= 15 is 0 Å². The maximum atomic E-state index is 11.5. The second-order valence-electron chi connectivity index (χ2n) is 5.27. The number of nitrogens with one attached hydrogen (secondary N) is 1. The number of rotatable bonds is 4. The molecule has 23 heavy (non-hydrogen) atoms. The first-order valence-electron chi connectivity index (χ1n) is 7.25. The van der Waals surface area contributed by atoms with E-state index in [1.54, 1.807) is 18.5 Å². The molecule has 8 nitrogen and oxygen atoms in total. The molecule has 0 spiro atoms. The Morgan fingerprint density at radius 3 is 2.87 bits per heavy atom. The molecule has 0 bridgehead atoms. The van der Waals surface area contributed by atoms with Crippen LogP contribution in [0.25, 0.3) is 0 Å². The van der Waals surface area contributed by atoms with E-state index < -0.39 is 5.91 Å². The van der Waals surface area contributed by atoms with E-state index in [1.807, 2.05) is 0 Å². The van der Waals surface area contributed by atoms with Gasteiger partial charge in [0.2, 0.25) is 5.95 Å². The molecule has 9 heteroatoms. The van der Waals surface area contributed by atoms with Crippen molar-refractivity contribution in [1.29, 1.82) is 0 Å². The second-order valence-corrected chi connectivity index (χ2v) is 5.66. The van der Waals surface area contributed by atoms with Gasteiger partial charge < -0.3 is 16.0 Å². The summed E-state index contributed by atoms with van der Waals surface area (Å²) >= 11 is 5.77. The molecule has 1 atom stereocenters. The van der Waals surface area contributed by atoms with Gasteiger partial charge in [0, 0.05) is 31.5 Å². The average Bonchev–Trinajstić information content (AvgIpc) is 2.57. The third-order valence-corrected chi connectivity index (χ3v) is 3.81. The number of nitrogens with zero attached hydrogens (tertiary/aromatic N) is 5. The van der Waals surface area contributed by atoms with Crippen molar-refractivity contribution in [2.75, 3.05) is 23.3 Å². The molecular formula is C14H16ClN7O. The fourth-order valence-corrected chi connectivity index (χ4v) is 2.73. The van der Waals surface area contributed by atoms with Gasteiger partial charge in [-0.1, -0.05) is 11.6 Å². The number of carbonyl (C=O) groups excluding carboxylic acids is 1. The van der Waals surface area contributed by atoms with Gasteiger partial charge in [-0.05, 0) is 25.0 Å². The summed E-state index contributed by atoms with van der Waals surface area (Å²) in [5.74, 6) is 0.447. The van der Waals surface area contributed by atoms with Gasteiger partial charge in [0.1, 0.15) is 0 Å². The highest BCUT2D eigenvalue weighted by molar-refractivity contribution is 6.29. The van der Waals surface area contributed by atoms with E-state index in [2.05, 4.69) is 30.4 Å². The summed E-state index contributed by atoms with van der Waals surface area (Å²) in [5, 5.41) is 11.1. The van der Waals surface area contributed by atoms with Gasteiger partial charge in [0.25, 0.3) is 5.91 Å². The number of anilines is 2. The van der Waals surface area contributed by atoms with Crippen molar-refractivity contribution >= 4 is 29.3 Å². The van der Waals surface area contributed by atoms with Crippen LogP contribution in [0.3, 0.4) is 0 Å². The summed E-state index contributed by atoms with van der Waals surface area (Å²) in [5.41, 5.74) is 5.61. The van der Waals surface area contributed by atoms with Crippen LogP contribution in [0.4, 0.5) is 11.8 Å².